The Hall–Kier alpha value is 1.19. The predicted octanol–water partition coefficient (Wildman–Crippen LogP) is 0.588. The van der Waals surface area contributed by atoms with Crippen molar-refractivity contribution in [2.45, 2.75) is 44.6 Å². The molecule has 1 heterocycles. The summed E-state index contributed by atoms with van der Waals surface area (Å²) >= 11 is 0. The first-order valence-electron chi connectivity index (χ1n) is 6.60. The Morgan fingerprint density at radius 3 is 2.39 bits per heavy atom. The standard InChI is InChI=1S/C12H20BF3N.K/c1-10(13(14,15)16)9-17-8-4-6-11-5-2-3-7-12(11)17;/h11-12H,1-9H2;/q-1;+1/t11-,12-;/m0./s1. The molecular weight excluding hydrogens is 265 g/mol. The van der Waals surface area contributed by atoms with Crippen LogP contribution in [0.15, 0.2) is 12.1 Å². The molecular formula is C12H20BF3KN. The van der Waals surface area contributed by atoms with Gasteiger partial charge in [-0.3, -0.25) is 4.90 Å². The van der Waals surface area contributed by atoms with Gasteiger partial charge in [-0.25, -0.2) is 0 Å². The molecule has 1 saturated heterocycles. The zero-order valence-corrected chi connectivity index (χ0v) is 14.3. The summed E-state index contributed by atoms with van der Waals surface area (Å²) in [5, 5.41) is 0. The van der Waals surface area contributed by atoms with E-state index in [2.05, 4.69) is 6.58 Å². The molecule has 2 aliphatic rings. The van der Waals surface area contributed by atoms with Gasteiger partial charge in [-0.2, -0.15) is 0 Å². The number of fused-ring (bicyclic) bond motifs is 1. The molecule has 0 radical (unpaired) electrons. The van der Waals surface area contributed by atoms with Crippen LogP contribution in [0.1, 0.15) is 38.5 Å². The van der Waals surface area contributed by atoms with Crippen molar-refractivity contribution in [2.75, 3.05) is 13.1 Å². The van der Waals surface area contributed by atoms with Crippen LogP contribution in [0.2, 0.25) is 0 Å². The molecule has 0 N–H and O–H groups in total. The van der Waals surface area contributed by atoms with E-state index in [0.717, 1.165) is 19.4 Å². The van der Waals surface area contributed by atoms with E-state index >= 15 is 0 Å². The maximum absolute atomic E-state index is 12.6. The van der Waals surface area contributed by atoms with Crippen LogP contribution in [-0.2, 0) is 0 Å². The third-order valence-corrected chi connectivity index (χ3v) is 4.23. The van der Waals surface area contributed by atoms with Crippen LogP contribution in [0, 0.1) is 5.92 Å². The molecule has 1 aliphatic heterocycles. The van der Waals surface area contributed by atoms with Crippen molar-refractivity contribution in [3.05, 3.63) is 12.1 Å². The van der Waals surface area contributed by atoms with E-state index in [0.29, 0.717) is 12.0 Å². The van der Waals surface area contributed by atoms with Gasteiger partial charge in [0.25, 0.3) is 0 Å². The minimum absolute atomic E-state index is 0. The number of nitrogens with zero attached hydrogens (tertiary/aromatic N) is 1. The second-order valence-corrected chi connectivity index (χ2v) is 5.46. The first-order valence-corrected chi connectivity index (χ1v) is 6.60. The fraction of sp³-hybridized carbons (Fsp3) is 0.833. The summed E-state index contributed by atoms with van der Waals surface area (Å²) in [5.41, 5.74) is -0.531. The van der Waals surface area contributed by atoms with E-state index in [-0.39, 0.29) is 57.9 Å². The topological polar surface area (TPSA) is 3.24 Å². The van der Waals surface area contributed by atoms with Gasteiger partial charge in [0, 0.05) is 6.04 Å². The molecule has 6 heteroatoms. The molecule has 0 aromatic rings. The average Bonchev–Trinajstić information content (AvgIpc) is 2.28. The maximum Gasteiger partial charge on any atom is 1.00 e. The van der Waals surface area contributed by atoms with Crippen LogP contribution < -0.4 is 51.4 Å². The molecule has 1 aliphatic carbocycles. The Kier molecular flexibility index (Phi) is 6.97. The van der Waals surface area contributed by atoms with E-state index in [4.69, 9.17) is 0 Å². The molecule has 0 aromatic heterocycles. The van der Waals surface area contributed by atoms with Crippen molar-refractivity contribution in [2.24, 2.45) is 5.92 Å². The van der Waals surface area contributed by atoms with Gasteiger partial charge in [0.15, 0.2) is 0 Å². The third kappa shape index (κ3) is 4.35. The number of piperidine rings is 1. The summed E-state index contributed by atoms with van der Waals surface area (Å²) in [6.07, 6.45) is 6.93. The first kappa shape index (κ1) is 17.2. The Morgan fingerprint density at radius 1 is 1.11 bits per heavy atom. The molecule has 1 nitrogen and oxygen atoms in total. The minimum atomic E-state index is -4.87. The van der Waals surface area contributed by atoms with Crippen LogP contribution in [0.3, 0.4) is 0 Å². The zero-order chi connectivity index (χ0) is 12.5. The van der Waals surface area contributed by atoms with Gasteiger partial charge in [0.2, 0.25) is 0 Å². The average molecular weight is 285 g/mol. The molecule has 0 unspecified atom stereocenters. The van der Waals surface area contributed by atoms with Crippen LogP contribution in [0.4, 0.5) is 12.9 Å². The number of hydrogen-bond acceptors (Lipinski definition) is 1. The van der Waals surface area contributed by atoms with Crippen LogP contribution in [0.5, 0.6) is 0 Å². The molecule has 18 heavy (non-hydrogen) atoms. The van der Waals surface area contributed by atoms with Crippen molar-refractivity contribution >= 4 is 6.98 Å². The maximum atomic E-state index is 12.6. The fourth-order valence-corrected chi connectivity index (χ4v) is 3.29. The summed E-state index contributed by atoms with van der Waals surface area (Å²) in [4.78, 5) is 2.03. The Labute approximate surface area is 150 Å². The second kappa shape index (κ2) is 7.27. The van der Waals surface area contributed by atoms with Crippen molar-refractivity contribution in [3.63, 3.8) is 0 Å². The van der Waals surface area contributed by atoms with Gasteiger partial charge in [-0.05, 0) is 44.7 Å². The summed E-state index contributed by atoms with van der Waals surface area (Å²) in [5.74, 6) is 0.631. The van der Waals surface area contributed by atoms with Gasteiger partial charge in [-0.15, -0.1) is 12.1 Å². The molecule has 0 amide bonds. The Morgan fingerprint density at radius 2 is 1.72 bits per heavy atom. The van der Waals surface area contributed by atoms with Crippen molar-refractivity contribution in [3.8, 4) is 0 Å². The molecule has 0 aromatic carbocycles. The first-order chi connectivity index (χ1) is 7.98. The number of hydrogen-bond donors (Lipinski definition) is 0. The van der Waals surface area contributed by atoms with Crippen LogP contribution in [-0.4, -0.2) is 31.0 Å². The number of rotatable bonds is 3. The normalized spacial score (nSPS) is 29.3. The van der Waals surface area contributed by atoms with Crippen molar-refractivity contribution < 1.29 is 64.3 Å². The zero-order valence-electron chi connectivity index (χ0n) is 11.2. The SMILES string of the molecule is C=C(CN1CCC[C@@H]2CCCC[C@@H]21)[B-](F)(F)F.[K+]. The summed E-state index contributed by atoms with van der Waals surface area (Å²) < 4.78 is 37.7. The minimum Gasteiger partial charge on any atom is -0.445 e. The summed E-state index contributed by atoms with van der Waals surface area (Å²) in [6, 6.07) is 0.382. The predicted molar refractivity (Wildman–Crippen MR) is 64.8 cm³/mol. The molecule has 0 bridgehead atoms. The van der Waals surface area contributed by atoms with Gasteiger partial charge in [0.05, 0.1) is 0 Å². The van der Waals surface area contributed by atoms with Gasteiger partial charge in [-0.1, -0.05) is 12.8 Å². The Balaban J connectivity index is 0.00000162. The van der Waals surface area contributed by atoms with E-state index in [1.165, 1.54) is 25.7 Å². The molecule has 2 rings (SSSR count). The van der Waals surface area contributed by atoms with Crippen molar-refractivity contribution in [1.82, 2.24) is 4.90 Å². The van der Waals surface area contributed by atoms with Crippen LogP contribution in [0.25, 0.3) is 0 Å². The van der Waals surface area contributed by atoms with Gasteiger partial charge in [0.1, 0.15) is 0 Å². The third-order valence-electron chi connectivity index (χ3n) is 4.23. The van der Waals surface area contributed by atoms with Gasteiger partial charge >= 0.3 is 58.4 Å². The molecule has 1 saturated carbocycles. The monoisotopic (exact) mass is 285 g/mol. The molecule has 2 atom stereocenters. The smallest absolute Gasteiger partial charge is 0.445 e. The largest absolute Gasteiger partial charge is 1.00 e. The number of likely N-dealkylation sites (tertiary alicyclic amines) is 1. The van der Waals surface area contributed by atoms with E-state index in [1.807, 2.05) is 4.90 Å². The van der Waals surface area contributed by atoms with E-state index < -0.39 is 12.4 Å². The Bertz CT molecular complexity index is 294. The van der Waals surface area contributed by atoms with Gasteiger partial charge < -0.3 is 12.9 Å². The van der Waals surface area contributed by atoms with Crippen molar-refractivity contribution in [1.29, 1.82) is 0 Å². The van der Waals surface area contributed by atoms with Crippen LogP contribution >= 0.6 is 0 Å². The van der Waals surface area contributed by atoms with E-state index in [1.54, 1.807) is 0 Å². The molecule has 2 fully saturated rings. The second-order valence-electron chi connectivity index (χ2n) is 5.46. The van der Waals surface area contributed by atoms with E-state index in [9.17, 15) is 12.9 Å². The number of halogens is 3. The molecule has 0 spiro atoms. The summed E-state index contributed by atoms with van der Waals surface area (Å²) in [6.45, 7) is -0.803. The summed E-state index contributed by atoms with van der Waals surface area (Å²) in [7, 11) is 0. The molecule has 98 valence electrons. The quantitative estimate of drug-likeness (QED) is 0.686. The fourth-order valence-electron chi connectivity index (χ4n) is 3.29.